The lowest BCUT2D eigenvalue weighted by Crippen LogP contribution is -2.35. The number of hydrogen-bond acceptors (Lipinski definition) is 3. The Bertz CT molecular complexity index is 299. The fraction of sp³-hybridized carbons (Fsp3) is 0.727. The summed E-state index contributed by atoms with van der Waals surface area (Å²) >= 11 is 0. The predicted molar refractivity (Wildman–Crippen MR) is 60.4 cm³/mol. The molecule has 3 N–H and O–H groups in total. The first-order valence-electron chi connectivity index (χ1n) is 5.71. The molecule has 0 bridgehead atoms. The largest absolute Gasteiger partial charge is 0.330 e. The van der Waals surface area contributed by atoms with E-state index in [0.717, 1.165) is 19.0 Å². The van der Waals surface area contributed by atoms with Gasteiger partial charge in [0.15, 0.2) is 0 Å². The van der Waals surface area contributed by atoms with Gasteiger partial charge >= 0.3 is 0 Å². The Morgan fingerprint density at radius 1 is 1.53 bits per heavy atom. The number of nitrogens with zero attached hydrogens (tertiary/aromatic N) is 2. The van der Waals surface area contributed by atoms with Gasteiger partial charge in [0.05, 0.1) is 6.20 Å². The summed E-state index contributed by atoms with van der Waals surface area (Å²) in [5.41, 5.74) is 8.19. The molecule has 1 saturated heterocycles. The molecule has 0 spiro atoms. The fourth-order valence-electron chi connectivity index (χ4n) is 2.16. The second-order valence-corrected chi connectivity index (χ2v) is 4.48. The van der Waals surface area contributed by atoms with Gasteiger partial charge in [-0.3, -0.25) is 10.00 Å². The monoisotopic (exact) mass is 208 g/mol. The Morgan fingerprint density at radius 3 is 2.80 bits per heavy atom. The van der Waals surface area contributed by atoms with Gasteiger partial charge in [-0.2, -0.15) is 5.10 Å². The van der Waals surface area contributed by atoms with Crippen LogP contribution in [0.25, 0.3) is 0 Å². The van der Waals surface area contributed by atoms with Gasteiger partial charge in [-0.05, 0) is 45.3 Å². The van der Waals surface area contributed by atoms with Crippen molar-refractivity contribution in [3.63, 3.8) is 0 Å². The predicted octanol–water partition coefficient (Wildman–Crippen LogP) is 0.889. The van der Waals surface area contributed by atoms with Crippen molar-refractivity contribution >= 4 is 0 Å². The van der Waals surface area contributed by atoms with Crippen LogP contribution in [0.2, 0.25) is 0 Å². The van der Waals surface area contributed by atoms with E-state index in [1.165, 1.54) is 37.2 Å². The lowest BCUT2D eigenvalue weighted by atomic mass is 9.97. The Balaban J connectivity index is 1.85. The number of piperidine rings is 1. The van der Waals surface area contributed by atoms with E-state index < -0.39 is 0 Å². The van der Waals surface area contributed by atoms with Gasteiger partial charge in [0.25, 0.3) is 0 Å². The molecular formula is C11H20N4. The molecule has 2 heterocycles. The number of nitrogens with one attached hydrogen (secondary N) is 1. The van der Waals surface area contributed by atoms with Crippen molar-refractivity contribution in [1.82, 2.24) is 15.1 Å². The molecule has 0 saturated carbocycles. The molecule has 2 rings (SSSR count). The Kier molecular flexibility index (Phi) is 3.38. The first kappa shape index (κ1) is 10.6. The minimum absolute atomic E-state index is 0.742. The molecule has 1 aromatic heterocycles. The molecule has 0 unspecified atom stereocenters. The molecule has 0 radical (unpaired) electrons. The summed E-state index contributed by atoms with van der Waals surface area (Å²) in [5, 5.41) is 7.03. The fourth-order valence-corrected chi connectivity index (χ4v) is 2.16. The van der Waals surface area contributed by atoms with E-state index in [1.807, 2.05) is 6.20 Å². The van der Waals surface area contributed by atoms with Crippen LogP contribution >= 0.6 is 0 Å². The third-order valence-electron chi connectivity index (χ3n) is 3.37. The van der Waals surface area contributed by atoms with Crippen LogP contribution in [0.5, 0.6) is 0 Å². The normalized spacial score (nSPS) is 19.6. The zero-order valence-corrected chi connectivity index (χ0v) is 9.37. The van der Waals surface area contributed by atoms with E-state index in [-0.39, 0.29) is 0 Å². The Morgan fingerprint density at radius 2 is 2.27 bits per heavy atom. The highest BCUT2D eigenvalue weighted by Gasteiger charge is 2.18. The van der Waals surface area contributed by atoms with Gasteiger partial charge in [0.1, 0.15) is 0 Å². The zero-order chi connectivity index (χ0) is 10.7. The van der Waals surface area contributed by atoms with Crippen LogP contribution in [-0.2, 0) is 6.54 Å². The van der Waals surface area contributed by atoms with Gasteiger partial charge in [0.2, 0.25) is 0 Å². The van der Waals surface area contributed by atoms with Crippen molar-refractivity contribution in [1.29, 1.82) is 0 Å². The maximum atomic E-state index is 5.68. The quantitative estimate of drug-likeness (QED) is 0.775. The first-order valence-corrected chi connectivity index (χ1v) is 5.71. The maximum Gasteiger partial charge on any atom is 0.0535 e. The van der Waals surface area contributed by atoms with E-state index in [4.69, 9.17) is 5.73 Å². The van der Waals surface area contributed by atoms with E-state index in [1.54, 1.807) is 0 Å². The topological polar surface area (TPSA) is 57.9 Å². The average molecular weight is 208 g/mol. The number of nitrogens with two attached hydrogens (primary N) is 1. The van der Waals surface area contributed by atoms with Crippen molar-refractivity contribution < 1.29 is 0 Å². The average Bonchev–Trinajstić information content (AvgIpc) is 2.66. The molecule has 1 aliphatic heterocycles. The van der Waals surface area contributed by atoms with E-state index in [0.29, 0.717) is 0 Å². The third-order valence-corrected chi connectivity index (χ3v) is 3.37. The van der Waals surface area contributed by atoms with Crippen molar-refractivity contribution in [2.75, 3.05) is 19.6 Å². The second-order valence-electron chi connectivity index (χ2n) is 4.48. The Labute approximate surface area is 90.8 Å². The molecule has 1 fully saturated rings. The van der Waals surface area contributed by atoms with Gasteiger partial charge in [0, 0.05) is 17.8 Å². The summed E-state index contributed by atoms with van der Waals surface area (Å²) in [4.78, 5) is 2.49. The van der Waals surface area contributed by atoms with Crippen molar-refractivity contribution in [3.8, 4) is 0 Å². The van der Waals surface area contributed by atoms with Crippen molar-refractivity contribution in [2.24, 2.45) is 11.7 Å². The van der Waals surface area contributed by atoms with E-state index >= 15 is 0 Å². The lowest BCUT2D eigenvalue weighted by Gasteiger charge is -2.31. The number of H-pyrrole nitrogens is 1. The summed E-state index contributed by atoms with van der Waals surface area (Å²) in [6.07, 6.45) is 4.42. The lowest BCUT2D eigenvalue weighted by molar-refractivity contribution is 0.180. The highest BCUT2D eigenvalue weighted by Crippen LogP contribution is 2.18. The molecular weight excluding hydrogens is 188 g/mol. The van der Waals surface area contributed by atoms with E-state index in [2.05, 4.69) is 22.0 Å². The zero-order valence-electron chi connectivity index (χ0n) is 9.37. The van der Waals surface area contributed by atoms with Crippen LogP contribution in [0.3, 0.4) is 0 Å². The molecule has 4 heteroatoms. The number of aromatic nitrogens is 2. The SMILES string of the molecule is Cc1[nH]ncc1CN1CCC(CN)CC1. The first-order chi connectivity index (χ1) is 7.29. The van der Waals surface area contributed by atoms with Crippen molar-refractivity contribution in [2.45, 2.75) is 26.3 Å². The van der Waals surface area contributed by atoms with Gasteiger partial charge in [-0.1, -0.05) is 0 Å². The summed E-state index contributed by atoms with van der Waals surface area (Å²) in [7, 11) is 0. The van der Waals surface area contributed by atoms with Gasteiger partial charge in [-0.15, -0.1) is 0 Å². The minimum atomic E-state index is 0.742. The summed E-state index contributed by atoms with van der Waals surface area (Å²) < 4.78 is 0. The standard InChI is InChI=1S/C11H20N4/c1-9-11(7-13-14-9)8-15-4-2-10(6-12)3-5-15/h7,10H,2-6,8,12H2,1H3,(H,13,14). The highest BCUT2D eigenvalue weighted by atomic mass is 15.1. The second kappa shape index (κ2) is 4.77. The van der Waals surface area contributed by atoms with Crippen LogP contribution in [0.1, 0.15) is 24.1 Å². The molecule has 1 aromatic rings. The molecule has 0 aliphatic carbocycles. The molecule has 15 heavy (non-hydrogen) atoms. The van der Waals surface area contributed by atoms with Crippen LogP contribution in [0.4, 0.5) is 0 Å². The molecule has 1 aliphatic rings. The van der Waals surface area contributed by atoms with E-state index in [9.17, 15) is 0 Å². The number of likely N-dealkylation sites (tertiary alicyclic amines) is 1. The number of aromatic amines is 1. The van der Waals surface area contributed by atoms with Crippen LogP contribution in [0, 0.1) is 12.8 Å². The third kappa shape index (κ3) is 2.58. The van der Waals surface area contributed by atoms with Crippen molar-refractivity contribution in [3.05, 3.63) is 17.5 Å². The van der Waals surface area contributed by atoms with Crippen LogP contribution in [-0.4, -0.2) is 34.7 Å². The summed E-state index contributed by atoms with van der Waals surface area (Å²) in [6.45, 7) is 6.30. The molecule has 0 amide bonds. The number of rotatable bonds is 3. The maximum absolute atomic E-state index is 5.68. The van der Waals surface area contributed by atoms with Gasteiger partial charge < -0.3 is 5.73 Å². The summed E-state index contributed by atoms with van der Waals surface area (Å²) in [6, 6.07) is 0. The van der Waals surface area contributed by atoms with Crippen LogP contribution in [0.15, 0.2) is 6.20 Å². The number of aryl methyl sites for hydroxylation is 1. The smallest absolute Gasteiger partial charge is 0.0535 e. The molecule has 4 nitrogen and oxygen atoms in total. The molecule has 0 atom stereocenters. The Hall–Kier alpha value is -0.870. The molecule has 0 aromatic carbocycles. The molecule has 84 valence electrons. The summed E-state index contributed by atoms with van der Waals surface area (Å²) in [5.74, 6) is 0.742. The minimum Gasteiger partial charge on any atom is -0.330 e. The number of hydrogen-bond donors (Lipinski definition) is 2. The highest BCUT2D eigenvalue weighted by molar-refractivity contribution is 5.14. The van der Waals surface area contributed by atoms with Crippen LogP contribution < -0.4 is 5.73 Å². The van der Waals surface area contributed by atoms with Gasteiger partial charge in [-0.25, -0.2) is 0 Å².